The van der Waals surface area contributed by atoms with Crippen molar-refractivity contribution in [3.05, 3.63) is 65.2 Å². The number of aryl methyl sites for hydroxylation is 1. The average molecular weight is 393 g/mol. The number of esters is 1. The van der Waals surface area contributed by atoms with E-state index in [0.29, 0.717) is 19.4 Å². The van der Waals surface area contributed by atoms with E-state index < -0.39 is 5.97 Å². The van der Waals surface area contributed by atoms with Crippen LogP contribution in [0.1, 0.15) is 23.4 Å². The number of ether oxygens (including phenoxy) is 1. The van der Waals surface area contributed by atoms with E-state index >= 15 is 0 Å². The van der Waals surface area contributed by atoms with Gasteiger partial charge in [-0.25, -0.2) is 9.99 Å². The highest BCUT2D eigenvalue weighted by atomic mass is 32.1. The van der Waals surface area contributed by atoms with Gasteiger partial charge in [-0.1, -0.05) is 42.5 Å². The van der Waals surface area contributed by atoms with Crippen molar-refractivity contribution in [2.75, 3.05) is 13.2 Å². The summed E-state index contributed by atoms with van der Waals surface area (Å²) < 4.78 is 6.23. The number of rotatable bonds is 6. The highest BCUT2D eigenvalue weighted by molar-refractivity contribution is 7.18. The molecule has 3 aromatic rings. The Balaban J connectivity index is 1.25. The second-order valence-electron chi connectivity index (χ2n) is 6.42. The zero-order valence-electron chi connectivity index (χ0n) is 15.2. The lowest BCUT2D eigenvalue weighted by Gasteiger charge is -2.11. The Hall–Kier alpha value is -3.06. The van der Waals surface area contributed by atoms with E-state index in [1.165, 1.54) is 5.01 Å². The van der Waals surface area contributed by atoms with Gasteiger partial charge in [0.1, 0.15) is 0 Å². The van der Waals surface area contributed by atoms with Crippen LogP contribution in [-0.2, 0) is 20.7 Å². The normalized spacial score (nSPS) is 13.6. The van der Waals surface area contributed by atoms with Gasteiger partial charge in [-0.15, -0.1) is 11.3 Å². The van der Waals surface area contributed by atoms with Gasteiger partial charge in [0.2, 0.25) is 0 Å². The Morgan fingerprint density at radius 3 is 2.68 bits per heavy atom. The summed E-state index contributed by atoms with van der Waals surface area (Å²) in [6.45, 7) is 0.219. The van der Waals surface area contributed by atoms with Gasteiger partial charge in [0, 0.05) is 12.8 Å². The molecule has 1 aliphatic rings. The van der Waals surface area contributed by atoms with Crippen LogP contribution in [0.4, 0.5) is 0 Å². The molecule has 6 nitrogen and oxygen atoms in total. The molecule has 0 spiro atoms. The van der Waals surface area contributed by atoms with Crippen molar-refractivity contribution >= 4 is 39.1 Å². The number of hydrogen-bond donors (Lipinski definition) is 0. The number of carbonyl (C=O) groups excluding carboxylic acids is 2. The number of fused-ring (bicyclic) bond motifs is 1. The minimum absolute atomic E-state index is 0.200. The van der Waals surface area contributed by atoms with Gasteiger partial charge >= 0.3 is 5.97 Å². The van der Waals surface area contributed by atoms with E-state index in [9.17, 15) is 9.59 Å². The molecule has 0 radical (unpaired) electrons. The quantitative estimate of drug-likeness (QED) is 0.602. The van der Waals surface area contributed by atoms with Gasteiger partial charge < -0.3 is 4.74 Å². The Morgan fingerprint density at radius 1 is 1.07 bits per heavy atom. The summed E-state index contributed by atoms with van der Waals surface area (Å²) in [5.74, 6) is -0.710. The first-order chi connectivity index (χ1) is 13.7. The second kappa shape index (κ2) is 8.31. The largest absolute Gasteiger partial charge is 0.455 e. The van der Waals surface area contributed by atoms with Gasteiger partial charge in [-0.05, 0) is 17.7 Å². The monoisotopic (exact) mass is 393 g/mol. The molecule has 0 fully saturated rings. The van der Waals surface area contributed by atoms with Crippen molar-refractivity contribution in [3.8, 4) is 0 Å². The van der Waals surface area contributed by atoms with Crippen LogP contribution in [0.2, 0.25) is 0 Å². The van der Waals surface area contributed by atoms with E-state index in [2.05, 4.69) is 10.1 Å². The van der Waals surface area contributed by atoms with Crippen LogP contribution in [-0.4, -0.2) is 40.7 Å². The maximum atomic E-state index is 12.2. The molecule has 4 rings (SSSR count). The van der Waals surface area contributed by atoms with Crippen molar-refractivity contribution in [3.63, 3.8) is 0 Å². The molecule has 2 heterocycles. The predicted octanol–water partition coefficient (Wildman–Crippen LogP) is 3.41. The molecule has 0 unspecified atom stereocenters. The van der Waals surface area contributed by atoms with Crippen LogP contribution >= 0.6 is 11.3 Å². The molecule has 142 valence electrons. The lowest BCUT2D eigenvalue weighted by molar-refractivity contribution is -0.151. The highest BCUT2D eigenvalue weighted by Gasteiger charge is 2.22. The molecule has 0 atom stereocenters. The van der Waals surface area contributed by atoms with Gasteiger partial charge in [-0.2, -0.15) is 5.10 Å². The van der Waals surface area contributed by atoms with Crippen molar-refractivity contribution in [2.45, 2.75) is 19.3 Å². The van der Waals surface area contributed by atoms with Gasteiger partial charge in [0.25, 0.3) is 5.91 Å². The van der Waals surface area contributed by atoms with Crippen LogP contribution in [0.5, 0.6) is 0 Å². The summed E-state index contributed by atoms with van der Waals surface area (Å²) in [6.07, 6.45) is 1.40. The number of thiazole rings is 1. The third kappa shape index (κ3) is 4.26. The number of hydrazone groups is 1. The molecule has 28 heavy (non-hydrogen) atoms. The van der Waals surface area contributed by atoms with E-state index in [1.807, 2.05) is 54.6 Å². The van der Waals surface area contributed by atoms with E-state index in [1.54, 1.807) is 11.3 Å². The topological polar surface area (TPSA) is 71.9 Å². The number of para-hydroxylation sites is 1. The number of carbonyl (C=O) groups is 2. The first-order valence-corrected chi connectivity index (χ1v) is 9.94. The lowest BCUT2D eigenvalue weighted by Crippen LogP contribution is -2.28. The number of benzene rings is 2. The Morgan fingerprint density at radius 2 is 1.86 bits per heavy atom. The molecule has 2 aromatic carbocycles. The minimum atomic E-state index is -0.404. The Bertz CT molecular complexity index is 997. The summed E-state index contributed by atoms with van der Waals surface area (Å²) in [5.41, 5.74) is 2.81. The summed E-state index contributed by atoms with van der Waals surface area (Å²) in [7, 11) is 0. The number of amides is 1. The molecule has 0 bridgehead atoms. The lowest BCUT2D eigenvalue weighted by atomic mass is 10.1. The van der Waals surface area contributed by atoms with E-state index in [0.717, 1.165) is 26.5 Å². The van der Waals surface area contributed by atoms with Crippen LogP contribution in [0.15, 0.2) is 59.7 Å². The third-order valence-corrected chi connectivity index (χ3v) is 5.53. The summed E-state index contributed by atoms with van der Waals surface area (Å²) in [4.78, 5) is 28.7. The third-order valence-electron chi connectivity index (χ3n) is 4.43. The zero-order chi connectivity index (χ0) is 19.3. The molecular formula is C21H19N3O3S. The molecular weight excluding hydrogens is 374 g/mol. The van der Waals surface area contributed by atoms with Gasteiger partial charge in [0.05, 0.1) is 33.9 Å². The highest BCUT2D eigenvalue weighted by Crippen LogP contribution is 2.22. The first kappa shape index (κ1) is 18.3. The molecule has 1 amide bonds. The van der Waals surface area contributed by atoms with E-state index in [4.69, 9.17) is 4.74 Å². The molecule has 0 saturated heterocycles. The van der Waals surface area contributed by atoms with Crippen LogP contribution in [0.3, 0.4) is 0 Å². The fourth-order valence-electron chi connectivity index (χ4n) is 3.00. The summed E-state index contributed by atoms with van der Waals surface area (Å²) in [5, 5.41) is 6.62. The molecule has 1 aliphatic heterocycles. The minimum Gasteiger partial charge on any atom is -0.455 e. The second-order valence-corrected chi connectivity index (χ2v) is 7.53. The number of aromatic nitrogens is 1. The van der Waals surface area contributed by atoms with Crippen LogP contribution < -0.4 is 0 Å². The van der Waals surface area contributed by atoms with Crippen LogP contribution in [0, 0.1) is 0 Å². The number of hydrogen-bond acceptors (Lipinski definition) is 6. The standard InChI is InChI=1S/C21H19N3O3S/c25-20(24-13-12-16(23-24)15-6-2-1-3-7-15)14-27-21(26)11-10-19-22-17-8-4-5-9-18(17)28-19/h1-9H,10-14H2. The van der Waals surface area contributed by atoms with Crippen molar-refractivity contribution in [1.29, 1.82) is 0 Å². The predicted molar refractivity (Wildman–Crippen MR) is 108 cm³/mol. The summed E-state index contributed by atoms with van der Waals surface area (Å²) in [6, 6.07) is 17.6. The number of nitrogens with zero attached hydrogens (tertiary/aromatic N) is 3. The molecule has 7 heteroatoms. The first-order valence-electron chi connectivity index (χ1n) is 9.12. The van der Waals surface area contributed by atoms with Gasteiger partial charge in [-0.3, -0.25) is 9.59 Å². The fourth-order valence-corrected chi connectivity index (χ4v) is 3.96. The van der Waals surface area contributed by atoms with Crippen molar-refractivity contribution < 1.29 is 14.3 Å². The Labute approximate surface area is 166 Å². The van der Waals surface area contributed by atoms with E-state index in [-0.39, 0.29) is 18.9 Å². The average Bonchev–Trinajstić information content (AvgIpc) is 3.38. The van der Waals surface area contributed by atoms with Crippen molar-refractivity contribution in [1.82, 2.24) is 9.99 Å². The molecule has 0 N–H and O–H groups in total. The smallest absolute Gasteiger partial charge is 0.306 e. The van der Waals surface area contributed by atoms with Crippen LogP contribution in [0.25, 0.3) is 10.2 Å². The molecule has 1 aromatic heterocycles. The van der Waals surface area contributed by atoms with Crippen molar-refractivity contribution in [2.24, 2.45) is 5.10 Å². The fraction of sp³-hybridized carbons (Fsp3) is 0.238. The maximum Gasteiger partial charge on any atom is 0.306 e. The molecule has 0 saturated carbocycles. The summed E-state index contributed by atoms with van der Waals surface area (Å²) >= 11 is 1.57. The maximum absolute atomic E-state index is 12.2. The Kier molecular flexibility index (Phi) is 5.43. The van der Waals surface area contributed by atoms with Gasteiger partial charge in [0.15, 0.2) is 6.61 Å². The SMILES string of the molecule is O=C(CCc1nc2ccccc2s1)OCC(=O)N1CCC(c2ccccc2)=N1. The zero-order valence-corrected chi connectivity index (χ0v) is 16.0. The molecule has 0 aliphatic carbocycles.